The smallest absolute Gasteiger partial charge is 0.287 e. The van der Waals surface area contributed by atoms with Crippen molar-refractivity contribution in [1.82, 2.24) is 5.32 Å². The molecule has 0 aliphatic carbocycles. The van der Waals surface area contributed by atoms with Crippen molar-refractivity contribution in [2.45, 2.75) is 25.5 Å². The van der Waals surface area contributed by atoms with E-state index < -0.39 is 6.10 Å². The van der Waals surface area contributed by atoms with E-state index in [0.29, 0.717) is 12.2 Å². The van der Waals surface area contributed by atoms with Crippen molar-refractivity contribution in [3.05, 3.63) is 72.6 Å². The molecule has 0 bridgehead atoms. The fourth-order valence-corrected chi connectivity index (χ4v) is 2.61. The molecule has 0 aliphatic rings. The minimum Gasteiger partial charge on any atom is -0.467 e. The lowest BCUT2D eigenvalue weighted by atomic mass is 10.1. The van der Waals surface area contributed by atoms with Gasteiger partial charge in [-0.25, -0.2) is 0 Å². The van der Waals surface area contributed by atoms with Crippen molar-refractivity contribution in [1.29, 1.82) is 0 Å². The lowest BCUT2D eigenvalue weighted by Gasteiger charge is -2.16. The molecule has 0 radical (unpaired) electrons. The number of amides is 1. The molecule has 1 amide bonds. The van der Waals surface area contributed by atoms with E-state index in [2.05, 4.69) is 5.32 Å². The van der Waals surface area contributed by atoms with Gasteiger partial charge in [-0.1, -0.05) is 30.3 Å². The predicted molar refractivity (Wildman–Crippen MR) is 89.4 cm³/mol. The quantitative estimate of drug-likeness (QED) is 0.723. The van der Waals surface area contributed by atoms with Crippen molar-refractivity contribution in [2.24, 2.45) is 0 Å². The zero-order valence-corrected chi connectivity index (χ0v) is 13.3. The van der Waals surface area contributed by atoms with Gasteiger partial charge in [0.2, 0.25) is 0 Å². The molecule has 0 saturated heterocycles. The number of aliphatic hydroxyl groups excluding tert-OH is 1. The fraction of sp³-hybridized carbons (Fsp3) is 0.211. The van der Waals surface area contributed by atoms with E-state index in [1.165, 1.54) is 12.5 Å². The van der Waals surface area contributed by atoms with Crippen LogP contribution in [-0.2, 0) is 0 Å². The molecule has 5 heteroatoms. The van der Waals surface area contributed by atoms with Crippen LogP contribution in [0, 0.1) is 0 Å². The summed E-state index contributed by atoms with van der Waals surface area (Å²) in [7, 11) is 0. The molecule has 0 aliphatic heterocycles. The summed E-state index contributed by atoms with van der Waals surface area (Å²) in [4.78, 5) is 12.5. The number of benzene rings is 1. The van der Waals surface area contributed by atoms with Crippen LogP contribution >= 0.6 is 0 Å². The second-order valence-electron chi connectivity index (χ2n) is 5.67. The Labute approximate surface area is 139 Å². The molecule has 2 N–H and O–H groups in total. The highest BCUT2D eigenvalue weighted by atomic mass is 16.4. The van der Waals surface area contributed by atoms with Crippen molar-refractivity contribution >= 4 is 5.91 Å². The molecule has 5 nitrogen and oxygen atoms in total. The molecule has 24 heavy (non-hydrogen) atoms. The minimum absolute atomic E-state index is 0.244. The summed E-state index contributed by atoms with van der Waals surface area (Å²) < 4.78 is 10.5. The maximum atomic E-state index is 12.5. The molecule has 2 aromatic heterocycles. The van der Waals surface area contributed by atoms with E-state index in [1.54, 1.807) is 18.2 Å². The number of nitrogens with one attached hydrogen (secondary N) is 1. The second kappa shape index (κ2) is 7.19. The van der Waals surface area contributed by atoms with E-state index in [4.69, 9.17) is 8.83 Å². The summed E-state index contributed by atoms with van der Waals surface area (Å²) in [5.41, 5.74) is 1.66. The van der Waals surface area contributed by atoms with Crippen LogP contribution in [0.3, 0.4) is 0 Å². The lowest BCUT2D eigenvalue weighted by molar-refractivity contribution is 0.0877. The Morgan fingerprint density at radius 1 is 1.08 bits per heavy atom. The molecular weight excluding hydrogens is 306 g/mol. The van der Waals surface area contributed by atoms with E-state index in [9.17, 15) is 9.90 Å². The molecule has 3 aromatic rings. The Kier molecular flexibility index (Phi) is 4.82. The van der Waals surface area contributed by atoms with Crippen LogP contribution in [-0.4, -0.2) is 17.1 Å². The second-order valence-corrected chi connectivity index (χ2v) is 5.67. The highest BCUT2D eigenvalue weighted by Crippen LogP contribution is 2.25. The number of hydrogen-bond donors (Lipinski definition) is 2. The third-order valence-electron chi connectivity index (χ3n) is 3.78. The van der Waals surface area contributed by atoms with Gasteiger partial charge in [-0.3, -0.25) is 4.79 Å². The van der Waals surface area contributed by atoms with Gasteiger partial charge >= 0.3 is 0 Å². The van der Waals surface area contributed by atoms with Gasteiger partial charge in [0.25, 0.3) is 5.91 Å². The van der Waals surface area contributed by atoms with Gasteiger partial charge in [-0.05, 0) is 30.7 Å². The number of hydrogen-bond acceptors (Lipinski definition) is 4. The summed E-state index contributed by atoms with van der Waals surface area (Å²) in [5, 5.41) is 12.9. The number of rotatable bonds is 6. The van der Waals surface area contributed by atoms with Crippen LogP contribution < -0.4 is 5.32 Å². The highest BCUT2D eigenvalue weighted by molar-refractivity contribution is 5.98. The lowest BCUT2D eigenvalue weighted by Crippen LogP contribution is -2.33. The van der Waals surface area contributed by atoms with Gasteiger partial charge in [0.15, 0.2) is 5.76 Å². The van der Waals surface area contributed by atoms with Crippen molar-refractivity contribution < 1.29 is 18.7 Å². The molecule has 0 spiro atoms. The Balaban J connectivity index is 1.66. The predicted octanol–water partition coefficient (Wildman–Crippen LogP) is 3.78. The first-order valence-electron chi connectivity index (χ1n) is 7.80. The fourth-order valence-electron chi connectivity index (χ4n) is 2.61. The van der Waals surface area contributed by atoms with Crippen LogP contribution in [0.25, 0.3) is 11.1 Å². The summed E-state index contributed by atoms with van der Waals surface area (Å²) in [6.45, 7) is 1.83. The molecule has 2 heterocycles. The monoisotopic (exact) mass is 325 g/mol. The van der Waals surface area contributed by atoms with E-state index in [-0.39, 0.29) is 17.7 Å². The first-order valence-corrected chi connectivity index (χ1v) is 7.80. The molecule has 3 rings (SSSR count). The Morgan fingerprint density at radius 3 is 2.58 bits per heavy atom. The average Bonchev–Trinajstić information content (AvgIpc) is 3.27. The minimum atomic E-state index is -0.763. The SMILES string of the molecule is CC(CC(O)c1ccco1)NC(=O)c1occc1-c1ccccc1. The first kappa shape index (κ1) is 16.1. The van der Waals surface area contributed by atoms with Gasteiger partial charge in [0, 0.05) is 18.0 Å². The van der Waals surface area contributed by atoms with Gasteiger partial charge in [0.05, 0.1) is 12.5 Å². The van der Waals surface area contributed by atoms with Crippen LogP contribution in [0.5, 0.6) is 0 Å². The van der Waals surface area contributed by atoms with Crippen LogP contribution in [0.1, 0.15) is 35.8 Å². The van der Waals surface area contributed by atoms with E-state index in [1.807, 2.05) is 37.3 Å². The summed E-state index contributed by atoms with van der Waals surface area (Å²) in [6.07, 6.45) is 2.59. The third-order valence-corrected chi connectivity index (χ3v) is 3.78. The summed E-state index contributed by atoms with van der Waals surface area (Å²) in [5.74, 6) is 0.442. The third kappa shape index (κ3) is 3.58. The Bertz CT molecular complexity index is 777. The molecule has 124 valence electrons. The Hall–Kier alpha value is -2.79. The average molecular weight is 325 g/mol. The van der Waals surface area contributed by atoms with Gasteiger partial charge in [-0.15, -0.1) is 0 Å². The number of furan rings is 2. The topological polar surface area (TPSA) is 75.6 Å². The maximum absolute atomic E-state index is 12.5. The van der Waals surface area contributed by atoms with E-state index in [0.717, 1.165) is 11.1 Å². The number of carbonyl (C=O) groups is 1. The van der Waals surface area contributed by atoms with Crippen molar-refractivity contribution in [3.8, 4) is 11.1 Å². The molecule has 0 fully saturated rings. The maximum Gasteiger partial charge on any atom is 0.287 e. The van der Waals surface area contributed by atoms with E-state index >= 15 is 0 Å². The highest BCUT2D eigenvalue weighted by Gasteiger charge is 2.21. The molecule has 2 unspecified atom stereocenters. The molecule has 1 aromatic carbocycles. The summed E-state index contributed by atoms with van der Waals surface area (Å²) in [6, 6.07) is 14.5. The van der Waals surface area contributed by atoms with Gasteiger partial charge in [-0.2, -0.15) is 0 Å². The van der Waals surface area contributed by atoms with Gasteiger partial charge < -0.3 is 19.3 Å². The van der Waals surface area contributed by atoms with Crippen molar-refractivity contribution in [2.75, 3.05) is 0 Å². The first-order chi connectivity index (χ1) is 11.6. The van der Waals surface area contributed by atoms with Gasteiger partial charge in [0.1, 0.15) is 11.9 Å². The molecular formula is C19H19NO4. The molecule has 2 atom stereocenters. The normalized spacial score (nSPS) is 13.4. The van der Waals surface area contributed by atoms with Crippen LogP contribution in [0.4, 0.5) is 0 Å². The number of carbonyl (C=O) groups excluding carboxylic acids is 1. The van der Waals surface area contributed by atoms with Crippen LogP contribution in [0.15, 0.2) is 69.9 Å². The molecule has 0 saturated carbocycles. The standard InChI is InChI=1S/C19H19NO4/c1-13(12-16(21)17-8-5-10-23-17)20-19(22)18-15(9-11-24-18)14-6-3-2-4-7-14/h2-11,13,16,21H,12H2,1H3,(H,20,22). The largest absolute Gasteiger partial charge is 0.467 e. The van der Waals surface area contributed by atoms with Crippen LogP contribution in [0.2, 0.25) is 0 Å². The summed E-state index contributed by atoms with van der Waals surface area (Å²) >= 11 is 0. The zero-order valence-electron chi connectivity index (χ0n) is 13.3. The van der Waals surface area contributed by atoms with Crippen molar-refractivity contribution in [3.63, 3.8) is 0 Å². The number of aliphatic hydroxyl groups is 1. The zero-order chi connectivity index (χ0) is 16.9. The Morgan fingerprint density at radius 2 is 1.88 bits per heavy atom.